The van der Waals surface area contributed by atoms with Crippen molar-refractivity contribution in [2.24, 2.45) is 0 Å². The zero-order chi connectivity index (χ0) is 41.7. The quantitative estimate of drug-likeness (QED) is 0.151. The molecule has 0 bridgehead atoms. The third-order valence-electron chi connectivity index (χ3n) is 12.2. The highest BCUT2D eigenvalue weighted by molar-refractivity contribution is 6.28. The normalized spacial score (nSPS) is 11.5. The molecular formula is C59H38N4. The van der Waals surface area contributed by atoms with Gasteiger partial charge in [0.25, 0.3) is 0 Å². The molecule has 0 spiro atoms. The van der Waals surface area contributed by atoms with E-state index in [1.807, 2.05) is 24.3 Å². The monoisotopic (exact) mass is 802 g/mol. The summed E-state index contributed by atoms with van der Waals surface area (Å²) in [6, 6.07) is 81.5. The van der Waals surface area contributed by atoms with Gasteiger partial charge in [0.15, 0.2) is 5.82 Å². The lowest BCUT2D eigenvalue weighted by Gasteiger charge is -2.12. The Morgan fingerprint density at radius 2 is 0.778 bits per heavy atom. The zero-order valence-corrected chi connectivity index (χ0v) is 34.2. The summed E-state index contributed by atoms with van der Waals surface area (Å²) in [5.74, 6) is 0.699. The van der Waals surface area contributed by atoms with Crippen LogP contribution in [-0.4, -0.2) is 19.5 Å². The molecule has 0 aliphatic carbocycles. The molecule has 4 heteroatoms. The Labute approximate surface area is 365 Å². The summed E-state index contributed by atoms with van der Waals surface area (Å²) in [6.45, 7) is 0. The molecule has 4 nitrogen and oxygen atoms in total. The van der Waals surface area contributed by atoms with Crippen LogP contribution in [0.3, 0.4) is 0 Å². The standard InChI is InChI=1S/C59H38N4/c1-5-15-39(16-6-1)40-25-29-42(30-26-40)52-38-53(62-59(61-52)45-19-9-3-10-20-45)43-31-27-41(28-32-43)46-33-34-50-55(37-46)63(47-21-11-4-12-22-47)54-36-35-49-48-23-13-14-24-51(48)60-58(57(49)56(50)54)44-17-7-2-8-18-44/h1-38H. The van der Waals surface area contributed by atoms with Crippen LogP contribution in [0.25, 0.3) is 117 Å². The number of hydrogen-bond donors (Lipinski definition) is 0. The maximum Gasteiger partial charge on any atom is 0.160 e. The van der Waals surface area contributed by atoms with E-state index in [0.29, 0.717) is 5.82 Å². The van der Waals surface area contributed by atoms with E-state index in [2.05, 4.69) is 211 Å². The first-order valence-electron chi connectivity index (χ1n) is 21.4. The molecule has 0 aliphatic rings. The third-order valence-corrected chi connectivity index (χ3v) is 12.2. The van der Waals surface area contributed by atoms with E-state index in [4.69, 9.17) is 15.0 Å². The van der Waals surface area contributed by atoms with Gasteiger partial charge in [0, 0.05) is 49.5 Å². The van der Waals surface area contributed by atoms with E-state index in [1.165, 1.54) is 32.7 Å². The molecule has 0 N–H and O–H groups in total. The Kier molecular flexibility index (Phi) is 8.79. The minimum absolute atomic E-state index is 0.699. The number of fused-ring (bicyclic) bond motifs is 7. The summed E-state index contributed by atoms with van der Waals surface area (Å²) in [7, 11) is 0. The smallest absolute Gasteiger partial charge is 0.160 e. The summed E-state index contributed by atoms with van der Waals surface area (Å²) >= 11 is 0. The number of aromatic nitrogens is 4. The highest BCUT2D eigenvalue weighted by Gasteiger charge is 2.21. The van der Waals surface area contributed by atoms with Gasteiger partial charge in [-0.15, -0.1) is 0 Å². The lowest BCUT2D eigenvalue weighted by atomic mass is 9.95. The molecule has 0 saturated carbocycles. The molecule has 12 rings (SSSR count). The molecule has 0 fully saturated rings. The highest BCUT2D eigenvalue weighted by Crippen LogP contribution is 2.43. The second-order valence-electron chi connectivity index (χ2n) is 16.0. The van der Waals surface area contributed by atoms with Gasteiger partial charge in [-0.3, -0.25) is 0 Å². The molecule has 294 valence electrons. The van der Waals surface area contributed by atoms with E-state index in [0.717, 1.165) is 78.1 Å². The first-order valence-corrected chi connectivity index (χ1v) is 21.4. The minimum atomic E-state index is 0.699. The number of pyridine rings is 1. The predicted molar refractivity (Wildman–Crippen MR) is 262 cm³/mol. The lowest BCUT2D eigenvalue weighted by Crippen LogP contribution is -1.96. The van der Waals surface area contributed by atoms with Gasteiger partial charge >= 0.3 is 0 Å². The van der Waals surface area contributed by atoms with Crippen molar-refractivity contribution in [3.8, 4) is 73.1 Å². The number of nitrogens with zero attached hydrogens (tertiary/aromatic N) is 4. The maximum absolute atomic E-state index is 5.35. The predicted octanol–water partition coefficient (Wildman–Crippen LogP) is 15.3. The fourth-order valence-corrected chi connectivity index (χ4v) is 9.15. The number of para-hydroxylation sites is 2. The first-order chi connectivity index (χ1) is 31.2. The van der Waals surface area contributed by atoms with Crippen LogP contribution in [0, 0.1) is 0 Å². The molecule has 12 aromatic rings. The van der Waals surface area contributed by atoms with Crippen molar-refractivity contribution in [1.29, 1.82) is 0 Å². The van der Waals surface area contributed by atoms with Gasteiger partial charge in [-0.2, -0.15) is 0 Å². The number of benzene rings is 9. The SMILES string of the molecule is c1ccc(-c2ccc(-c3cc(-c4ccc(-c5ccc6c7c8c(-c9ccccc9)nc9ccccc9c8ccc7n(-c7ccccc7)c6c5)cc4)nc(-c4ccccc4)n3)cc2)cc1. The summed E-state index contributed by atoms with van der Waals surface area (Å²) in [5, 5.41) is 5.91. The van der Waals surface area contributed by atoms with Gasteiger partial charge in [0.1, 0.15) is 0 Å². The lowest BCUT2D eigenvalue weighted by molar-refractivity contribution is 1.18. The van der Waals surface area contributed by atoms with Crippen molar-refractivity contribution in [2.75, 3.05) is 0 Å². The van der Waals surface area contributed by atoms with Crippen molar-refractivity contribution >= 4 is 43.5 Å². The topological polar surface area (TPSA) is 43.6 Å². The molecule has 0 unspecified atom stereocenters. The summed E-state index contributed by atoms with van der Waals surface area (Å²) in [5.41, 5.74) is 15.9. The fraction of sp³-hybridized carbons (Fsp3) is 0. The molecule has 3 aromatic heterocycles. The van der Waals surface area contributed by atoms with Crippen molar-refractivity contribution in [2.45, 2.75) is 0 Å². The van der Waals surface area contributed by atoms with Crippen LogP contribution in [-0.2, 0) is 0 Å². The van der Waals surface area contributed by atoms with Gasteiger partial charge in [-0.1, -0.05) is 194 Å². The van der Waals surface area contributed by atoms with E-state index in [-0.39, 0.29) is 0 Å². The van der Waals surface area contributed by atoms with Crippen molar-refractivity contribution < 1.29 is 0 Å². The Morgan fingerprint density at radius 3 is 1.43 bits per heavy atom. The van der Waals surface area contributed by atoms with Gasteiger partial charge in [-0.05, 0) is 64.0 Å². The molecule has 3 heterocycles. The molecule has 0 amide bonds. The van der Waals surface area contributed by atoms with Crippen LogP contribution in [0.15, 0.2) is 231 Å². The van der Waals surface area contributed by atoms with E-state index in [9.17, 15) is 0 Å². The third kappa shape index (κ3) is 6.44. The zero-order valence-electron chi connectivity index (χ0n) is 34.2. The number of hydrogen-bond acceptors (Lipinski definition) is 3. The van der Waals surface area contributed by atoms with Crippen molar-refractivity contribution in [1.82, 2.24) is 19.5 Å². The largest absolute Gasteiger partial charge is 0.309 e. The van der Waals surface area contributed by atoms with Crippen LogP contribution in [0.4, 0.5) is 0 Å². The molecule has 0 radical (unpaired) electrons. The molecule has 0 saturated heterocycles. The van der Waals surface area contributed by atoms with Crippen molar-refractivity contribution in [3.05, 3.63) is 231 Å². The minimum Gasteiger partial charge on any atom is -0.309 e. The van der Waals surface area contributed by atoms with Crippen LogP contribution in [0.2, 0.25) is 0 Å². The second-order valence-corrected chi connectivity index (χ2v) is 16.0. The maximum atomic E-state index is 5.35. The Balaban J connectivity index is 0.996. The Hall–Kier alpha value is -8.47. The van der Waals surface area contributed by atoms with Gasteiger partial charge in [-0.25, -0.2) is 15.0 Å². The average molecular weight is 803 g/mol. The van der Waals surface area contributed by atoms with Gasteiger partial charge in [0.2, 0.25) is 0 Å². The highest BCUT2D eigenvalue weighted by atomic mass is 15.0. The average Bonchev–Trinajstić information content (AvgIpc) is 3.71. The van der Waals surface area contributed by atoms with E-state index in [1.54, 1.807) is 0 Å². The summed E-state index contributed by atoms with van der Waals surface area (Å²) < 4.78 is 2.41. The van der Waals surface area contributed by atoms with Crippen LogP contribution in [0.5, 0.6) is 0 Å². The van der Waals surface area contributed by atoms with Crippen LogP contribution in [0.1, 0.15) is 0 Å². The van der Waals surface area contributed by atoms with Gasteiger partial charge < -0.3 is 4.57 Å². The van der Waals surface area contributed by atoms with Crippen molar-refractivity contribution in [3.63, 3.8) is 0 Å². The molecule has 0 atom stereocenters. The van der Waals surface area contributed by atoms with E-state index >= 15 is 0 Å². The molecular weight excluding hydrogens is 765 g/mol. The second kappa shape index (κ2) is 15.2. The van der Waals surface area contributed by atoms with Gasteiger partial charge in [0.05, 0.1) is 33.6 Å². The molecule has 0 aliphatic heterocycles. The summed E-state index contributed by atoms with van der Waals surface area (Å²) in [4.78, 5) is 15.6. The first kappa shape index (κ1) is 36.4. The Morgan fingerprint density at radius 1 is 0.286 bits per heavy atom. The van der Waals surface area contributed by atoms with E-state index < -0.39 is 0 Å². The molecule has 63 heavy (non-hydrogen) atoms. The molecule has 9 aromatic carbocycles. The Bertz CT molecular complexity index is 3620. The summed E-state index contributed by atoms with van der Waals surface area (Å²) in [6.07, 6.45) is 0. The van der Waals surface area contributed by atoms with Crippen LogP contribution >= 0.6 is 0 Å². The fourth-order valence-electron chi connectivity index (χ4n) is 9.15. The number of rotatable bonds is 7. The van der Waals surface area contributed by atoms with Crippen LogP contribution < -0.4 is 0 Å².